The first-order valence-corrected chi connectivity index (χ1v) is 6.98. The van der Waals surface area contributed by atoms with Crippen LogP contribution in [0.1, 0.15) is 10.4 Å². The fourth-order valence-electron chi connectivity index (χ4n) is 2.21. The quantitative estimate of drug-likeness (QED) is 0.840. The van der Waals surface area contributed by atoms with Crippen molar-refractivity contribution in [2.24, 2.45) is 5.41 Å². The van der Waals surface area contributed by atoms with Gasteiger partial charge in [-0.3, -0.25) is 9.59 Å². The first kappa shape index (κ1) is 15.8. The molecule has 2 rings (SSSR count). The molecule has 5 heteroatoms. The summed E-state index contributed by atoms with van der Waals surface area (Å²) in [7, 11) is 5.35. The van der Waals surface area contributed by atoms with Crippen LogP contribution in [-0.2, 0) is 4.79 Å². The monoisotopic (exact) mass is 300 g/mol. The molecule has 1 heterocycles. The summed E-state index contributed by atoms with van der Waals surface area (Å²) in [4.78, 5) is 26.2. The molecule has 1 N–H and O–H groups in total. The second kappa shape index (κ2) is 6.47. The van der Waals surface area contributed by atoms with Crippen LogP contribution in [0.3, 0.4) is 0 Å². The van der Waals surface area contributed by atoms with Crippen LogP contribution in [0.2, 0.25) is 0 Å². The van der Waals surface area contributed by atoms with Crippen LogP contribution in [0.4, 0.5) is 0 Å². The van der Waals surface area contributed by atoms with Gasteiger partial charge in [0.15, 0.2) is 5.78 Å². The van der Waals surface area contributed by atoms with E-state index >= 15 is 0 Å². The standard InChI is InChI=1S/C17H20N2O3/c1-19(2)11-10-17(9-8-15(20)18-12-17)16(21)13-4-6-14(22-3)7-5-13/h4-11H,12H2,1-3H3,(H,18,20)/b11-10+. The summed E-state index contributed by atoms with van der Waals surface area (Å²) in [5, 5.41) is 2.73. The molecular weight excluding hydrogens is 280 g/mol. The van der Waals surface area contributed by atoms with Gasteiger partial charge in [-0.25, -0.2) is 0 Å². The molecule has 0 bridgehead atoms. The summed E-state index contributed by atoms with van der Waals surface area (Å²) < 4.78 is 5.11. The molecule has 0 radical (unpaired) electrons. The van der Waals surface area contributed by atoms with Crippen molar-refractivity contribution >= 4 is 11.7 Å². The zero-order chi connectivity index (χ0) is 16.2. The van der Waals surface area contributed by atoms with Crippen LogP contribution in [-0.4, -0.2) is 44.3 Å². The van der Waals surface area contributed by atoms with Gasteiger partial charge in [0.05, 0.1) is 12.5 Å². The third-order valence-electron chi connectivity index (χ3n) is 3.53. The van der Waals surface area contributed by atoms with Crippen LogP contribution in [0, 0.1) is 5.41 Å². The fourth-order valence-corrected chi connectivity index (χ4v) is 2.21. The molecule has 0 aromatic heterocycles. The van der Waals surface area contributed by atoms with E-state index in [4.69, 9.17) is 4.74 Å². The third-order valence-corrected chi connectivity index (χ3v) is 3.53. The molecule has 1 aliphatic rings. The number of Topliss-reactive ketones (excluding diaryl/α,β-unsaturated/α-hetero) is 1. The molecule has 0 saturated heterocycles. The zero-order valence-corrected chi connectivity index (χ0v) is 13.0. The molecule has 1 unspecified atom stereocenters. The third kappa shape index (κ3) is 3.36. The maximum Gasteiger partial charge on any atom is 0.243 e. The van der Waals surface area contributed by atoms with Gasteiger partial charge in [-0.2, -0.15) is 0 Å². The molecule has 0 spiro atoms. The fraction of sp³-hybridized carbons (Fsp3) is 0.294. The van der Waals surface area contributed by atoms with E-state index in [0.29, 0.717) is 11.3 Å². The number of ketones is 1. The number of hydrogen-bond donors (Lipinski definition) is 1. The Morgan fingerprint density at radius 3 is 2.50 bits per heavy atom. The highest BCUT2D eigenvalue weighted by Crippen LogP contribution is 2.29. The number of carbonyl (C=O) groups is 2. The van der Waals surface area contributed by atoms with E-state index in [1.165, 1.54) is 6.08 Å². The first-order chi connectivity index (χ1) is 10.5. The molecular formula is C17H20N2O3. The average Bonchev–Trinajstić information content (AvgIpc) is 2.54. The topological polar surface area (TPSA) is 58.6 Å². The van der Waals surface area contributed by atoms with E-state index in [-0.39, 0.29) is 18.2 Å². The first-order valence-electron chi connectivity index (χ1n) is 6.98. The van der Waals surface area contributed by atoms with Gasteiger partial charge in [-0.05, 0) is 36.5 Å². The SMILES string of the molecule is COc1ccc(C(=O)C2(/C=C/N(C)C)C=CC(=O)NC2)cc1. The Kier molecular flexibility index (Phi) is 4.65. The van der Waals surface area contributed by atoms with Crippen molar-refractivity contribution in [1.29, 1.82) is 0 Å². The molecule has 22 heavy (non-hydrogen) atoms. The number of hydrogen-bond acceptors (Lipinski definition) is 4. The van der Waals surface area contributed by atoms with Crippen LogP contribution >= 0.6 is 0 Å². The Bertz CT molecular complexity index is 617. The Labute approximate surface area is 130 Å². The highest BCUT2D eigenvalue weighted by molar-refractivity contribution is 6.05. The van der Waals surface area contributed by atoms with Crippen LogP contribution in [0.5, 0.6) is 5.75 Å². The number of ether oxygens (including phenoxy) is 1. The number of methoxy groups -OCH3 is 1. The van der Waals surface area contributed by atoms with E-state index < -0.39 is 5.41 Å². The van der Waals surface area contributed by atoms with Crippen molar-refractivity contribution in [2.75, 3.05) is 27.7 Å². The van der Waals surface area contributed by atoms with Gasteiger partial charge in [0.25, 0.3) is 0 Å². The van der Waals surface area contributed by atoms with Gasteiger partial charge in [0.2, 0.25) is 5.91 Å². The lowest BCUT2D eigenvalue weighted by atomic mass is 9.78. The van der Waals surface area contributed by atoms with Gasteiger partial charge in [-0.15, -0.1) is 0 Å². The minimum absolute atomic E-state index is 0.0653. The van der Waals surface area contributed by atoms with Crippen molar-refractivity contribution in [1.82, 2.24) is 10.2 Å². The number of nitrogens with zero attached hydrogens (tertiary/aromatic N) is 1. The maximum atomic E-state index is 12.9. The molecule has 0 saturated carbocycles. The predicted octanol–water partition coefficient (Wildman–Crippen LogP) is 1.63. The van der Waals surface area contributed by atoms with Crippen molar-refractivity contribution in [2.45, 2.75) is 0 Å². The minimum atomic E-state index is -0.868. The van der Waals surface area contributed by atoms with E-state index in [1.807, 2.05) is 31.3 Å². The average molecular weight is 300 g/mol. The van der Waals surface area contributed by atoms with Crippen molar-refractivity contribution in [3.05, 3.63) is 54.3 Å². The smallest absolute Gasteiger partial charge is 0.243 e. The van der Waals surface area contributed by atoms with Crippen LogP contribution in [0.25, 0.3) is 0 Å². The van der Waals surface area contributed by atoms with E-state index in [9.17, 15) is 9.59 Å². The molecule has 1 amide bonds. The van der Waals surface area contributed by atoms with Gasteiger partial charge in [-0.1, -0.05) is 6.08 Å². The largest absolute Gasteiger partial charge is 0.497 e. The molecule has 116 valence electrons. The van der Waals surface area contributed by atoms with Crippen molar-refractivity contribution in [3.63, 3.8) is 0 Å². The van der Waals surface area contributed by atoms with E-state index in [0.717, 1.165) is 0 Å². The highest BCUT2D eigenvalue weighted by Gasteiger charge is 2.36. The number of nitrogens with one attached hydrogen (secondary N) is 1. The van der Waals surface area contributed by atoms with Gasteiger partial charge >= 0.3 is 0 Å². The minimum Gasteiger partial charge on any atom is -0.497 e. The number of rotatable bonds is 5. The lowest BCUT2D eigenvalue weighted by Gasteiger charge is -2.29. The second-order valence-corrected chi connectivity index (χ2v) is 5.43. The van der Waals surface area contributed by atoms with Gasteiger partial charge in [0, 0.05) is 32.3 Å². The number of benzene rings is 1. The number of amides is 1. The Morgan fingerprint density at radius 1 is 1.32 bits per heavy atom. The van der Waals surface area contributed by atoms with Crippen LogP contribution < -0.4 is 10.1 Å². The van der Waals surface area contributed by atoms with Gasteiger partial charge < -0.3 is 15.0 Å². The van der Waals surface area contributed by atoms with Crippen LogP contribution in [0.15, 0.2) is 48.7 Å². The zero-order valence-electron chi connectivity index (χ0n) is 13.0. The number of carbonyl (C=O) groups excluding carboxylic acids is 2. The Morgan fingerprint density at radius 2 is 2.00 bits per heavy atom. The lowest BCUT2D eigenvalue weighted by Crippen LogP contribution is -2.43. The summed E-state index contributed by atoms with van der Waals surface area (Å²) in [5.41, 5.74) is -0.294. The Hall–Kier alpha value is -2.56. The Balaban J connectivity index is 2.37. The second-order valence-electron chi connectivity index (χ2n) is 5.43. The van der Waals surface area contributed by atoms with E-state index in [2.05, 4.69) is 5.32 Å². The molecule has 0 fully saturated rings. The summed E-state index contributed by atoms with van der Waals surface area (Å²) in [6, 6.07) is 6.97. The summed E-state index contributed by atoms with van der Waals surface area (Å²) in [5.74, 6) is 0.447. The molecule has 5 nitrogen and oxygen atoms in total. The predicted molar refractivity (Wildman–Crippen MR) is 84.7 cm³/mol. The molecule has 1 aromatic rings. The van der Waals surface area contributed by atoms with Crippen molar-refractivity contribution in [3.8, 4) is 5.75 Å². The summed E-state index contributed by atoms with van der Waals surface area (Å²) >= 11 is 0. The normalized spacial score (nSPS) is 20.8. The summed E-state index contributed by atoms with van der Waals surface area (Å²) in [6.07, 6.45) is 6.71. The lowest BCUT2D eigenvalue weighted by molar-refractivity contribution is -0.117. The molecule has 1 aliphatic heterocycles. The molecule has 1 atom stereocenters. The molecule has 1 aromatic carbocycles. The van der Waals surface area contributed by atoms with E-state index in [1.54, 1.807) is 37.5 Å². The van der Waals surface area contributed by atoms with Crippen molar-refractivity contribution < 1.29 is 14.3 Å². The molecule has 0 aliphatic carbocycles. The summed E-state index contributed by atoms with van der Waals surface area (Å²) in [6.45, 7) is 0.248. The van der Waals surface area contributed by atoms with Gasteiger partial charge in [0.1, 0.15) is 5.75 Å². The highest BCUT2D eigenvalue weighted by atomic mass is 16.5. The maximum absolute atomic E-state index is 12.9.